The van der Waals surface area contributed by atoms with Crippen LogP contribution in [0.4, 0.5) is 0 Å². The standard InChI is InChI=1S/C25H25ClN2O/c26-24-12-6-20(7-13-24)18-27-14-16-28(17-15-27)19-25(29)23-10-8-22(9-11-23)21-4-2-1-3-5-21/h1-13H,14-19H2. The highest BCUT2D eigenvalue weighted by Gasteiger charge is 2.19. The molecule has 1 aliphatic heterocycles. The van der Waals surface area contributed by atoms with E-state index >= 15 is 0 Å². The van der Waals surface area contributed by atoms with Crippen LogP contribution in [0.1, 0.15) is 15.9 Å². The second-order valence-electron chi connectivity index (χ2n) is 7.55. The molecule has 0 N–H and O–H groups in total. The van der Waals surface area contributed by atoms with Crippen LogP contribution in [-0.2, 0) is 6.54 Å². The van der Waals surface area contributed by atoms with E-state index < -0.39 is 0 Å². The molecule has 1 heterocycles. The van der Waals surface area contributed by atoms with E-state index in [-0.39, 0.29) is 5.78 Å². The van der Waals surface area contributed by atoms with Gasteiger partial charge in [-0.15, -0.1) is 0 Å². The van der Waals surface area contributed by atoms with Crippen LogP contribution in [0.5, 0.6) is 0 Å². The van der Waals surface area contributed by atoms with Crippen LogP contribution >= 0.6 is 11.6 Å². The van der Waals surface area contributed by atoms with Gasteiger partial charge < -0.3 is 0 Å². The fourth-order valence-electron chi connectivity index (χ4n) is 3.73. The van der Waals surface area contributed by atoms with Crippen molar-refractivity contribution in [3.8, 4) is 11.1 Å². The Morgan fingerprint density at radius 1 is 0.724 bits per heavy atom. The summed E-state index contributed by atoms with van der Waals surface area (Å²) in [4.78, 5) is 17.4. The Bertz CT molecular complexity index is 931. The van der Waals surface area contributed by atoms with E-state index in [4.69, 9.17) is 11.6 Å². The van der Waals surface area contributed by atoms with Crippen molar-refractivity contribution < 1.29 is 4.79 Å². The predicted octanol–water partition coefficient (Wildman–Crippen LogP) is 5.01. The van der Waals surface area contributed by atoms with Crippen molar-refractivity contribution in [1.82, 2.24) is 9.80 Å². The van der Waals surface area contributed by atoms with E-state index in [0.29, 0.717) is 6.54 Å². The molecule has 3 aromatic carbocycles. The first-order valence-corrected chi connectivity index (χ1v) is 10.4. The van der Waals surface area contributed by atoms with E-state index in [0.717, 1.165) is 48.9 Å². The fraction of sp³-hybridized carbons (Fsp3) is 0.240. The smallest absolute Gasteiger partial charge is 0.176 e. The van der Waals surface area contributed by atoms with E-state index in [2.05, 4.69) is 34.1 Å². The van der Waals surface area contributed by atoms with Gasteiger partial charge in [0.1, 0.15) is 0 Å². The van der Waals surface area contributed by atoms with Gasteiger partial charge in [-0.25, -0.2) is 0 Å². The molecule has 4 rings (SSSR count). The molecule has 1 aliphatic rings. The largest absolute Gasteiger partial charge is 0.297 e. The molecule has 0 aliphatic carbocycles. The Balaban J connectivity index is 1.28. The Hall–Kier alpha value is -2.46. The maximum Gasteiger partial charge on any atom is 0.176 e. The molecule has 1 saturated heterocycles. The van der Waals surface area contributed by atoms with Gasteiger partial charge in [-0.3, -0.25) is 14.6 Å². The third kappa shape index (κ3) is 5.33. The van der Waals surface area contributed by atoms with Gasteiger partial charge >= 0.3 is 0 Å². The number of hydrogen-bond donors (Lipinski definition) is 0. The Labute approximate surface area is 177 Å². The van der Waals surface area contributed by atoms with E-state index in [9.17, 15) is 4.79 Å². The number of ketones is 1. The number of halogens is 1. The highest BCUT2D eigenvalue weighted by molar-refractivity contribution is 6.30. The van der Waals surface area contributed by atoms with Crippen molar-refractivity contribution in [2.45, 2.75) is 6.54 Å². The third-order valence-corrected chi connectivity index (χ3v) is 5.72. The SMILES string of the molecule is O=C(CN1CCN(Cc2ccc(Cl)cc2)CC1)c1ccc(-c2ccccc2)cc1. The number of carbonyl (C=O) groups excluding carboxylic acids is 1. The fourth-order valence-corrected chi connectivity index (χ4v) is 3.85. The number of carbonyl (C=O) groups is 1. The van der Waals surface area contributed by atoms with E-state index in [1.165, 1.54) is 11.1 Å². The molecule has 148 valence electrons. The number of piperazine rings is 1. The zero-order valence-corrected chi connectivity index (χ0v) is 17.2. The second kappa shape index (κ2) is 9.36. The topological polar surface area (TPSA) is 23.6 Å². The Kier molecular flexibility index (Phi) is 6.40. The molecule has 29 heavy (non-hydrogen) atoms. The van der Waals surface area contributed by atoms with Gasteiger partial charge in [0, 0.05) is 43.3 Å². The maximum absolute atomic E-state index is 12.7. The lowest BCUT2D eigenvalue weighted by Crippen LogP contribution is -2.47. The molecule has 0 aromatic heterocycles. The number of benzene rings is 3. The Morgan fingerprint density at radius 3 is 1.97 bits per heavy atom. The molecule has 3 aromatic rings. The van der Waals surface area contributed by atoms with E-state index in [1.807, 2.05) is 54.6 Å². The molecule has 0 atom stereocenters. The molecule has 0 spiro atoms. The van der Waals surface area contributed by atoms with Gasteiger partial charge in [-0.05, 0) is 28.8 Å². The average Bonchev–Trinajstić information content (AvgIpc) is 2.77. The summed E-state index contributed by atoms with van der Waals surface area (Å²) in [5.74, 6) is 0.191. The summed E-state index contributed by atoms with van der Waals surface area (Å²) < 4.78 is 0. The number of hydrogen-bond acceptors (Lipinski definition) is 3. The number of Topliss-reactive ketones (excluding diaryl/α,β-unsaturated/α-hetero) is 1. The van der Waals surface area contributed by atoms with Crippen molar-refractivity contribution in [2.24, 2.45) is 0 Å². The van der Waals surface area contributed by atoms with Gasteiger partial charge in [0.15, 0.2) is 5.78 Å². The summed E-state index contributed by atoms with van der Waals surface area (Å²) in [7, 11) is 0. The quantitative estimate of drug-likeness (QED) is 0.539. The molecular weight excluding hydrogens is 380 g/mol. The number of rotatable bonds is 6. The van der Waals surface area contributed by atoms with Crippen molar-refractivity contribution in [2.75, 3.05) is 32.7 Å². The summed E-state index contributed by atoms with van der Waals surface area (Å²) in [5, 5.41) is 0.772. The van der Waals surface area contributed by atoms with Crippen LogP contribution in [0.15, 0.2) is 78.9 Å². The van der Waals surface area contributed by atoms with Crippen LogP contribution in [0.2, 0.25) is 5.02 Å². The normalized spacial score (nSPS) is 15.3. The van der Waals surface area contributed by atoms with Gasteiger partial charge in [0.05, 0.1) is 6.54 Å². The summed E-state index contributed by atoms with van der Waals surface area (Å²) >= 11 is 5.96. The first-order valence-electron chi connectivity index (χ1n) is 10.1. The highest BCUT2D eigenvalue weighted by Crippen LogP contribution is 2.20. The van der Waals surface area contributed by atoms with Gasteiger partial charge in [-0.1, -0.05) is 78.3 Å². The van der Waals surface area contributed by atoms with Crippen LogP contribution < -0.4 is 0 Å². The molecule has 0 saturated carbocycles. The highest BCUT2D eigenvalue weighted by atomic mass is 35.5. The summed E-state index contributed by atoms with van der Waals surface area (Å²) in [6, 6.07) is 26.2. The molecule has 0 amide bonds. The van der Waals surface area contributed by atoms with Crippen LogP contribution in [0.25, 0.3) is 11.1 Å². The molecule has 3 nitrogen and oxygen atoms in total. The lowest BCUT2D eigenvalue weighted by molar-refractivity contribution is 0.0844. The minimum Gasteiger partial charge on any atom is -0.297 e. The van der Waals surface area contributed by atoms with Crippen molar-refractivity contribution in [1.29, 1.82) is 0 Å². The van der Waals surface area contributed by atoms with Crippen molar-refractivity contribution in [3.05, 3.63) is 95.0 Å². The molecule has 0 unspecified atom stereocenters. The summed E-state index contributed by atoms with van der Waals surface area (Å²) in [5.41, 5.74) is 4.37. The van der Waals surface area contributed by atoms with Crippen LogP contribution in [0, 0.1) is 0 Å². The van der Waals surface area contributed by atoms with Crippen LogP contribution in [0.3, 0.4) is 0 Å². The van der Waals surface area contributed by atoms with Crippen molar-refractivity contribution >= 4 is 17.4 Å². The molecule has 0 radical (unpaired) electrons. The average molecular weight is 405 g/mol. The summed E-state index contributed by atoms with van der Waals surface area (Å²) in [6.07, 6.45) is 0. The van der Waals surface area contributed by atoms with Crippen LogP contribution in [-0.4, -0.2) is 48.3 Å². The summed E-state index contributed by atoms with van der Waals surface area (Å²) in [6.45, 7) is 5.20. The van der Waals surface area contributed by atoms with Crippen molar-refractivity contribution in [3.63, 3.8) is 0 Å². The molecule has 0 bridgehead atoms. The predicted molar refractivity (Wildman–Crippen MR) is 119 cm³/mol. The Morgan fingerprint density at radius 2 is 1.31 bits per heavy atom. The van der Waals surface area contributed by atoms with Gasteiger partial charge in [0.2, 0.25) is 0 Å². The zero-order valence-electron chi connectivity index (χ0n) is 16.4. The van der Waals surface area contributed by atoms with Gasteiger partial charge in [-0.2, -0.15) is 0 Å². The minimum absolute atomic E-state index is 0.191. The minimum atomic E-state index is 0.191. The molecular formula is C25H25ClN2O. The lowest BCUT2D eigenvalue weighted by atomic mass is 10.0. The maximum atomic E-state index is 12.7. The van der Waals surface area contributed by atoms with Gasteiger partial charge in [0.25, 0.3) is 0 Å². The monoisotopic (exact) mass is 404 g/mol. The third-order valence-electron chi connectivity index (χ3n) is 5.47. The molecule has 1 fully saturated rings. The van der Waals surface area contributed by atoms with E-state index in [1.54, 1.807) is 0 Å². The second-order valence-corrected chi connectivity index (χ2v) is 7.98. The zero-order chi connectivity index (χ0) is 20.1. The number of nitrogens with zero attached hydrogens (tertiary/aromatic N) is 2. The lowest BCUT2D eigenvalue weighted by Gasteiger charge is -2.34. The molecule has 4 heteroatoms. The first kappa shape index (κ1) is 19.8. The first-order chi connectivity index (χ1) is 14.2.